The van der Waals surface area contributed by atoms with E-state index in [1.54, 1.807) is 16.7 Å². The minimum Gasteiger partial charge on any atom is -0.466 e. The molecule has 1 atom stereocenters. The van der Waals surface area contributed by atoms with Crippen molar-refractivity contribution in [3.05, 3.63) is 29.8 Å². The summed E-state index contributed by atoms with van der Waals surface area (Å²) in [6.45, 7) is 5.06. The zero-order valence-corrected chi connectivity index (χ0v) is 15.4. The molecule has 6 nitrogen and oxygen atoms in total. The number of anilines is 1. The molecule has 1 aromatic carbocycles. The van der Waals surface area contributed by atoms with Crippen molar-refractivity contribution in [1.29, 1.82) is 0 Å². The molecule has 140 valence electrons. The van der Waals surface area contributed by atoms with E-state index in [-0.39, 0.29) is 23.7 Å². The van der Waals surface area contributed by atoms with E-state index in [1.165, 1.54) is 0 Å². The van der Waals surface area contributed by atoms with Gasteiger partial charge in [-0.05, 0) is 31.4 Å². The molecule has 0 bridgehead atoms. The monoisotopic (exact) mass is 358 g/mol. The molecule has 1 aromatic rings. The molecule has 0 N–H and O–H groups in total. The number of carbonyl (C=O) groups excluding carboxylic acids is 3. The van der Waals surface area contributed by atoms with Gasteiger partial charge in [-0.15, -0.1) is 0 Å². The fourth-order valence-corrected chi connectivity index (χ4v) is 3.87. The first-order valence-corrected chi connectivity index (χ1v) is 9.42. The van der Waals surface area contributed by atoms with Crippen LogP contribution in [0.2, 0.25) is 0 Å². The second-order valence-electron chi connectivity index (χ2n) is 6.82. The van der Waals surface area contributed by atoms with Crippen molar-refractivity contribution in [2.24, 2.45) is 5.92 Å². The number of likely N-dealkylation sites (tertiary alicyclic amines) is 1. The maximum Gasteiger partial charge on any atom is 0.309 e. The van der Waals surface area contributed by atoms with Crippen LogP contribution in [0.3, 0.4) is 0 Å². The first-order valence-electron chi connectivity index (χ1n) is 9.42. The van der Waals surface area contributed by atoms with Crippen LogP contribution in [0.4, 0.5) is 5.69 Å². The van der Waals surface area contributed by atoms with Crippen LogP contribution in [0.1, 0.15) is 38.7 Å². The van der Waals surface area contributed by atoms with Gasteiger partial charge >= 0.3 is 5.97 Å². The van der Waals surface area contributed by atoms with Crippen LogP contribution in [-0.4, -0.2) is 48.4 Å². The van der Waals surface area contributed by atoms with Crippen LogP contribution < -0.4 is 4.90 Å². The number of fused-ring (bicyclic) bond motifs is 1. The highest BCUT2D eigenvalue weighted by Gasteiger charge is 2.40. The average Bonchev–Trinajstić information content (AvgIpc) is 3.06. The number of esters is 1. The van der Waals surface area contributed by atoms with Crippen LogP contribution in [0.25, 0.3) is 0 Å². The van der Waals surface area contributed by atoms with Gasteiger partial charge in [0.25, 0.3) is 0 Å². The maximum absolute atomic E-state index is 13.1. The summed E-state index contributed by atoms with van der Waals surface area (Å²) >= 11 is 0. The van der Waals surface area contributed by atoms with Crippen molar-refractivity contribution < 1.29 is 19.1 Å². The summed E-state index contributed by atoms with van der Waals surface area (Å²) in [5, 5.41) is 0. The summed E-state index contributed by atoms with van der Waals surface area (Å²) in [6.07, 6.45) is 2.15. The normalized spacial score (nSPS) is 20.0. The number of hydrogen-bond donors (Lipinski definition) is 0. The van der Waals surface area contributed by atoms with Crippen molar-refractivity contribution in [3.63, 3.8) is 0 Å². The SMILES string of the molecule is CCOC(=O)C1CCN(C(=O)[C@H]2Cc3ccccc3N2C(=O)CC)CC1. The highest BCUT2D eigenvalue weighted by molar-refractivity contribution is 6.03. The summed E-state index contributed by atoms with van der Waals surface area (Å²) in [5.74, 6) is -0.358. The van der Waals surface area contributed by atoms with E-state index in [4.69, 9.17) is 4.74 Å². The van der Waals surface area contributed by atoms with Crippen molar-refractivity contribution in [2.75, 3.05) is 24.6 Å². The molecule has 0 spiro atoms. The van der Waals surface area contributed by atoms with Crippen molar-refractivity contribution in [2.45, 2.75) is 45.6 Å². The van der Waals surface area contributed by atoms with Crippen LogP contribution in [0.15, 0.2) is 24.3 Å². The van der Waals surface area contributed by atoms with Crippen LogP contribution in [-0.2, 0) is 25.5 Å². The topological polar surface area (TPSA) is 66.9 Å². The quantitative estimate of drug-likeness (QED) is 0.774. The summed E-state index contributed by atoms with van der Waals surface area (Å²) in [4.78, 5) is 40.9. The Morgan fingerprint density at radius 2 is 1.81 bits per heavy atom. The van der Waals surface area contributed by atoms with Crippen LogP contribution in [0, 0.1) is 5.92 Å². The smallest absolute Gasteiger partial charge is 0.309 e. The van der Waals surface area contributed by atoms with Gasteiger partial charge in [-0.25, -0.2) is 0 Å². The molecule has 1 fully saturated rings. The van der Waals surface area contributed by atoms with Gasteiger partial charge in [0.15, 0.2) is 0 Å². The number of amides is 2. The molecule has 2 aliphatic rings. The number of nitrogens with zero attached hydrogens (tertiary/aromatic N) is 2. The van der Waals surface area contributed by atoms with E-state index < -0.39 is 6.04 Å². The Morgan fingerprint density at radius 3 is 2.46 bits per heavy atom. The average molecular weight is 358 g/mol. The maximum atomic E-state index is 13.1. The third-order valence-electron chi connectivity index (χ3n) is 5.26. The Hall–Kier alpha value is -2.37. The minimum absolute atomic E-state index is 0.0229. The van der Waals surface area contributed by atoms with Crippen molar-refractivity contribution in [3.8, 4) is 0 Å². The second kappa shape index (κ2) is 7.89. The summed E-state index contributed by atoms with van der Waals surface area (Å²) in [7, 11) is 0. The molecule has 0 unspecified atom stereocenters. The van der Waals surface area contributed by atoms with Gasteiger partial charge in [-0.1, -0.05) is 25.1 Å². The molecule has 26 heavy (non-hydrogen) atoms. The van der Waals surface area contributed by atoms with Crippen LogP contribution in [0.5, 0.6) is 0 Å². The lowest BCUT2D eigenvalue weighted by molar-refractivity contribution is -0.151. The number of para-hydroxylation sites is 1. The first kappa shape index (κ1) is 18.4. The highest BCUT2D eigenvalue weighted by atomic mass is 16.5. The van der Waals surface area contributed by atoms with Gasteiger partial charge in [0.1, 0.15) is 6.04 Å². The number of rotatable bonds is 4. The molecular weight excluding hydrogens is 332 g/mol. The largest absolute Gasteiger partial charge is 0.466 e. The Kier molecular flexibility index (Phi) is 5.59. The predicted octanol–water partition coefficient (Wildman–Crippen LogP) is 2.16. The van der Waals surface area contributed by atoms with Crippen LogP contribution >= 0.6 is 0 Å². The third-order valence-corrected chi connectivity index (χ3v) is 5.26. The lowest BCUT2D eigenvalue weighted by atomic mass is 9.96. The molecule has 0 aromatic heterocycles. The van der Waals surface area contributed by atoms with E-state index in [0.29, 0.717) is 45.4 Å². The van der Waals surface area contributed by atoms with Gasteiger partial charge in [0.2, 0.25) is 11.8 Å². The van der Waals surface area contributed by atoms with E-state index >= 15 is 0 Å². The number of ether oxygens (including phenoxy) is 1. The van der Waals surface area contributed by atoms with Crippen molar-refractivity contribution in [1.82, 2.24) is 4.90 Å². The zero-order chi connectivity index (χ0) is 18.7. The molecule has 6 heteroatoms. The number of piperidine rings is 1. The van der Waals surface area contributed by atoms with Gasteiger partial charge in [-0.3, -0.25) is 19.3 Å². The fraction of sp³-hybridized carbons (Fsp3) is 0.550. The van der Waals surface area contributed by atoms with Crippen molar-refractivity contribution >= 4 is 23.5 Å². The molecule has 0 saturated carbocycles. The zero-order valence-electron chi connectivity index (χ0n) is 15.4. The Bertz CT molecular complexity index is 695. The highest BCUT2D eigenvalue weighted by Crippen LogP contribution is 2.34. The molecule has 2 aliphatic heterocycles. The Morgan fingerprint density at radius 1 is 1.12 bits per heavy atom. The summed E-state index contributed by atoms with van der Waals surface area (Å²) < 4.78 is 5.09. The number of hydrogen-bond acceptors (Lipinski definition) is 4. The first-order chi connectivity index (χ1) is 12.6. The van der Waals surface area contributed by atoms with E-state index in [9.17, 15) is 14.4 Å². The molecule has 2 heterocycles. The van der Waals surface area contributed by atoms with E-state index in [2.05, 4.69) is 0 Å². The number of carbonyl (C=O) groups is 3. The molecular formula is C20H26N2O4. The van der Waals surface area contributed by atoms with E-state index in [1.807, 2.05) is 31.2 Å². The van der Waals surface area contributed by atoms with Gasteiger partial charge in [0.05, 0.1) is 12.5 Å². The Labute approximate surface area is 154 Å². The lowest BCUT2D eigenvalue weighted by Gasteiger charge is -2.35. The summed E-state index contributed by atoms with van der Waals surface area (Å²) in [5.41, 5.74) is 1.88. The minimum atomic E-state index is -0.473. The van der Waals surface area contributed by atoms with Gasteiger partial charge < -0.3 is 9.64 Å². The predicted molar refractivity (Wildman–Crippen MR) is 97.6 cm³/mol. The lowest BCUT2D eigenvalue weighted by Crippen LogP contribution is -2.52. The van der Waals surface area contributed by atoms with E-state index in [0.717, 1.165) is 11.3 Å². The Balaban J connectivity index is 1.70. The molecule has 0 radical (unpaired) electrons. The van der Waals surface area contributed by atoms with Gasteiger partial charge in [-0.2, -0.15) is 0 Å². The fourth-order valence-electron chi connectivity index (χ4n) is 3.87. The van der Waals surface area contributed by atoms with Gasteiger partial charge in [0, 0.05) is 31.6 Å². The second-order valence-corrected chi connectivity index (χ2v) is 6.82. The molecule has 2 amide bonds. The third kappa shape index (κ3) is 3.45. The summed E-state index contributed by atoms with van der Waals surface area (Å²) in [6, 6.07) is 7.24. The molecule has 0 aliphatic carbocycles. The molecule has 1 saturated heterocycles. The molecule has 3 rings (SSSR count). The standard InChI is InChI=1S/C20H26N2O4/c1-3-18(23)22-16-8-6-5-7-15(16)13-17(22)19(24)21-11-9-14(10-12-21)20(25)26-4-2/h5-8,14,17H,3-4,9-13H2,1-2H3/t17-/m1/s1. The number of benzene rings is 1.